The lowest BCUT2D eigenvalue weighted by Crippen LogP contribution is -2.35. The minimum atomic E-state index is -0.317. The van der Waals surface area contributed by atoms with Crippen LogP contribution in [-0.4, -0.2) is 28.6 Å². The number of carbonyl (C=O) groups excluding carboxylic acids is 1. The summed E-state index contributed by atoms with van der Waals surface area (Å²) in [6.45, 7) is 8.02. The summed E-state index contributed by atoms with van der Waals surface area (Å²) >= 11 is 3.40. The lowest BCUT2D eigenvalue weighted by atomic mass is 9.87. The molecule has 0 saturated heterocycles. The third-order valence-corrected chi connectivity index (χ3v) is 4.20. The standard InChI is InChI=1S/C19H23BrN2O3/c1-12(11-23)22-17(24)13-8-16(20)18(21-10-13)25-15-7-5-6-14(9-15)19(2,3)4/h5-10,12,23H,11H2,1-4H3,(H,22,24)/t12-/m1/s1. The Kier molecular flexibility index (Phi) is 6.19. The van der Waals surface area contributed by atoms with Crippen molar-refractivity contribution in [1.29, 1.82) is 0 Å². The molecule has 0 fully saturated rings. The third kappa shape index (κ3) is 5.28. The average Bonchev–Trinajstić information content (AvgIpc) is 2.56. The number of aromatic nitrogens is 1. The molecule has 0 radical (unpaired) electrons. The van der Waals surface area contributed by atoms with Gasteiger partial charge >= 0.3 is 0 Å². The van der Waals surface area contributed by atoms with Crippen LogP contribution in [0.25, 0.3) is 0 Å². The Labute approximate surface area is 156 Å². The van der Waals surface area contributed by atoms with E-state index in [1.807, 2.05) is 18.2 Å². The summed E-state index contributed by atoms with van der Waals surface area (Å²) in [5.41, 5.74) is 1.58. The molecule has 134 valence electrons. The number of halogens is 1. The van der Waals surface area contributed by atoms with E-state index in [1.165, 1.54) is 6.20 Å². The zero-order valence-electron chi connectivity index (χ0n) is 14.8. The Morgan fingerprint density at radius 3 is 2.68 bits per heavy atom. The van der Waals surface area contributed by atoms with E-state index < -0.39 is 0 Å². The predicted molar refractivity (Wildman–Crippen MR) is 101 cm³/mol. The van der Waals surface area contributed by atoms with Gasteiger partial charge in [0.2, 0.25) is 5.88 Å². The van der Waals surface area contributed by atoms with Crippen LogP contribution < -0.4 is 10.1 Å². The number of hydrogen-bond acceptors (Lipinski definition) is 4. The lowest BCUT2D eigenvalue weighted by Gasteiger charge is -2.19. The van der Waals surface area contributed by atoms with Crippen molar-refractivity contribution in [3.05, 3.63) is 52.1 Å². The minimum Gasteiger partial charge on any atom is -0.438 e. The number of amides is 1. The van der Waals surface area contributed by atoms with E-state index in [1.54, 1.807) is 13.0 Å². The van der Waals surface area contributed by atoms with Gasteiger partial charge in [-0.25, -0.2) is 4.98 Å². The number of ether oxygens (including phenoxy) is 1. The van der Waals surface area contributed by atoms with Gasteiger partial charge in [0.15, 0.2) is 0 Å². The summed E-state index contributed by atoms with van der Waals surface area (Å²) in [6.07, 6.45) is 1.45. The normalized spacial score (nSPS) is 12.6. The molecule has 0 spiro atoms. The first-order valence-electron chi connectivity index (χ1n) is 8.06. The van der Waals surface area contributed by atoms with Crippen LogP contribution in [0.3, 0.4) is 0 Å². The molecule has 1 atom stereocenters. The molecule has 0 aliphatic heterocycles. The van der Waals surface area contributed by atoms with Crippen molar-refractivity contribution in [3.63, 3.8) is 0 Å². The van der Waals surface area contributed by atoms with Crippen molar-refractivity contribution in [2.24, 2.45) is 0 Å². The van der Waals surface area contributed by atoms with E-state index in [-0.39, 0.29) is 24.0 Å². The van der Waals surface area contributed by atoms with Crippen LogP contribution in [0.1, 0.15) is 43.6 Å². The van der Waals surface area contributed by atoms with Crippen molar-refractivity contribution in [1.82, 2.24) is 10.3 Å². The molecule has 0 bridgehead atoms. The highest BCUT2D eigenvalue weighted by molar-refractivity contribution is 9.10. The van der Waals surface area contributed by atoms with Crippen LogP contribution in [0.4, 0.5) is 0 Å². The van der Waals surface area contributed by atoms with Gasteiger partial charge in [-0.1, -0.05) is 32.9 Å². The first-order valence-corrected chi connectivity index (χ1v) is 8.85. The van der Waals surface area contributed by atoms with Gasteiger partial charge in [0, 0.05) is 12.2 Å². The molecule has 25 heavy (non-hydrogen) atoms. The molecule has 2 aromatic rings. The highest BCUT2D eigenvalue weighted by Crippen LogP contribution is 2.31. The average molecular weight is 407 g/mol. The minimum absolute atomic E-state index is 0.0232. The van der Waals surface area contributed by atoms with E-state index in [0.29, 0.717) is 21.7 Å². The van der Waals surface area contributed by atoms with Gasteiger partial charge in [0.05, 0.1) is 16.6 Å². The highest BCUT2D eigenvalue weighted by atomic mass is 79.9. The maximum absolute atomic E-state index is 12.1. The first kappa shape index (κ1) is 19.4. The topological polar surface area (TPSA) is 71.5 Å². The van der Waals surface area contributed by atoms with Gasteiger partial charge in [-0.15, -0.1) is 0 Å². The quantitative estimate of drug-likeness (QED) is 0.785. The molecular weight excluding hydrogens is 384 g/mol. The van der Waals surface area contributed by atoms with Crippen molar-refractivity contribution >= 4 is 21.8 Å². The van der Waals surface area contributed by atoms with E-state index in [2.05, 4.69) is 53.1 Å². The number of benzene rings is 1. The monoisotopic (exact) mass is 406 g/mol. The maximum atomic E-state index is 12.1. The van der Waals surface area contributed by atoms with Crippen LogP contribution in [-0.2, 0) is 5.41 Å². The summed E-state index contributed by atoms with van der Waals surface area (Å²) in [6, 6.07) is 9.19. The zero-order valence-corrected chi connectivity index (χ0v) is 16.4. The number of aliphatic hydroxyl groups is 1. The lowest BCUT2D eigenvalue weighted by molar-refractivity contribution is 0.0922. The number of nitrogens with one attached hydrogen (secondary N) is 1. The van der Waals surface area contributed by atoms with Crippen LogP contribution in [0, 0.1) is 0 Å². The van der Waals surface area contributed by atoms with E-state index in [0.717, 1.165) is 5.56 Å². The molecule has 2 N–H and O–H groups in total. The van der Waals surface area contributed by atoms with Crippen LogP contribution in [0.15, 0.2) is 41.0 Å². The maximum Gasteiger partial charge on any atom is 0.253 e. The summed E-state index contributed by atoms with van der Waals surface area (Å²) < 4.78 is 6.43. The number of pyridine rings is 1. The zero-order chi connectivity index (χ0) is 18.6. The molecular formula is C19H23BrN2O3. The van der Waals surface area contributed by atoms with E-state index in [4.69, 9.17) is 9.84 Å². The molecule has 0 aliphatic rings. The summed E-state index contributed by atoms with van der Waals surface area (Å²) in [5.74, 6) is 0.778. The molecule has 6 heteroatoms. The number of hydrogen-bond donors (Lipinski definition) is 2. The largest absolute Gasteiger partial charge is 0.438 e. The number of rotatable bonds is 5. The smallest absolute Gasteiger partial charge is 0.253 e. The van der Waals surface area contributed by atoms with Crippen molar-refractivity contribution in [3.8, 4) is 11.6 Å². The van der Waals surface area contributed by atoms with Gasteiger partial charge in [-0.2, -0.15) is 0 Å². The van der Waals surface area contributed by atoms with E-state index >= 15 is 0 Å². The third-order valence-electron chi connectivity index (χ3n) is 3.64. The second-order valence-electron chi connectivity index (χ2n) is 6.95. The Hall–Kier alpha value is -1.92. The number of carbonyl (C=O) groups is 1. The molecule has 0 saturated carbocycles. The summed E-state index contributed by atoms with van der Waals surface area (Å²) in [5, 5.41) is 11.7. The molecule has 1 heterocycles. The number of nitrogens with zero attached hydrogens (tertiary/aromatic N) is 1. The summed E-state index contributed by atoms with van der Waals surface area (Å²) in [4.78, 5) is 16.3. The number of aliphatic hydroxyl groups excluding tert-OH is 1. The Morgan fingerprint density at radius 2 is 2.08 bits per heavy atom. The van der Waals surface area contributed by atoms with Gasteiger partial charge in [0.25, 0.3) is 5.91 Å². The second kappa shape index (κ2) is 7.97. The summed E-state index contributed by atoms with van der Waals surface area (Å²) in [7, 11) is 0. The van der Waals surface area contributed by atoms with E-state index in [9.17, 15) is 4.79 Å². The van der Waals surface area contributed by atoms with Crippen molar-refractivity contribution in [2.45, 2.75) is 39.2 Å². The SMILES string of the molecule is C[C@H](CO)NC(=O)c1cnc(Oc2cccc(C(C)(C)C)c2)c(Br)c1. The van der Waals surface area contributed by atoms with Gasteiger partial charge < -0.3 is 15.2 Å². The fourth-order valence-electron chi connectivity index (χ4n) is 2.12. The molecule has 0 unspecified atom stereocenters. The first-order chi connectivity index (χ1) is 11.7. The van der Waals surface area contributed by atoms with Crippen LogP contribution >= 0.6 is 15.9 Å². The van der Waals surface area contributed by atoms with Crippen LogP contribution in [0.2, 0.25) is 0 Å². The molecule has 5 nitrogen and oxygen atoms in total. The second-order valence-corrected chi connectivity index (χ2v) is 7.80. The van der Waals surface area contributed by atoms with Crippen LogP contribution in [0.5, 0.6) is 11.6 Å². The highest BCUT2D eigenvalue weighted by Gasteiger charge is 2.16. The molecule has 1 aromatic carbocycles. The molecule has 1 amide bonds. The molecule has 0 aliphatic carbocycles. The Morgan fingerprint density at radius 1 is 1.36 bits per heavy atom. The molecule has 2 rings (SSSR count). The molecule has 1 aromatic heterocycles. The Balaban J connectivity index is 2.18. The van der Waals surface area contributed by atoms with Gasteiger partial charge in [-0.05, 0) is 52.0 Å². The van der Waals surface area contributed by atoms with Gasteiger partial charge in [0.1, 0.15) is 5.75 Å². The fraction of sp³-hybridized carbons (Fsp3) is 0.368. The fourth-order valence-corrected chi connectivity index (χ4v) is 2.55. The van der Waals surface area contributed by atoms with Crippen molar-refractivity contribution < 1.29 is 14.6 Å². The Bertz CT molecular complexity index is 757. The van der Waals surface area contributed by atoms with Crippen molar-refractivity contribution in [2.75, 3.05) is 6.61 Å². The van der Waals surface area contributed by atoms with Gasteiger partial charge in [-0.3, -0.25) is 4.79 Å². The predicted octanol–water partition coefficient (Wildman–Crippen LogP) is 4.04.